The largest absolute Gasteiger partial charge is 0.484 e. The van der Waals surface area contributed by atoms with Gasteiger partial charge in [-0.3, -0.25) is 0 Å². The molecule has 0 aliphatic rings. The van der Waals surface area contributed by atoms with Gasteiger partial charge >= 0.3 is 5.97 Å². The van der Waals surface area contributed by atoms with Gasteiger partial charge in [0.2, 0.25) is 0 Å². The average molecular weight is 410 g/mol. The highest BCUT2D eigenvalue weighted by Crippen LogP contribution is 2.29. The number of hydrogen-bond acceptors (Lipinski definition) is 5. The minimum Gasteiger partial charge on any atom is -0.484 e. The number of carboxylic acids is 1. The summed E-state index contributed by atoms with van der Waals surface area (Å²) in [6.07, 6.45) is 0.388. The molecule has 1 aromatic heterocycles. The molecule has 1 unspecified atom stereocenters. The molecule has 2 aromatic rings. The predicted molar refractivity (Wildman–Crippen MR) is 96.1 cm³/mol. The number of aryl methyl sites for hydroxylation is 1. The number of aliphatic carboxylic acids is 1. The molecular formula is C18H20BrNO5. The molecule has 0 spiro atoms. The summed E-state index contributed by atoms with van der Waals surface area (Å²) in [5, 5.41) is 8.70. The second-order valence-corrected chi connectivity index (χ2v) is 6.20. The van der Waals surface area contributed by atoms with Crippen LogP contribution in [0.3, 0.4) is 0 Å². The number of hydrogen-bond donors (Lipinski definition) is 1. The van der Waals surface area contributed by atoms with Crippen molar-refractivity contribution in [3.8, 4) is 11.5 Å². The Kier molecular flexibility index (Phi) is 7.21. The van der Waals surface area contributed by atoms with Crippen LogP contribution < -0.4 is 9.47 Å². The molecule has 1 aromatic carbocycles. The van der Waals surface area contributed by atoms with Gasteiger partial charge in [0.1, 0.15) is 22.2 Å². The van der Waals surface area contributed by atoms with Crippen molar-refractivity contribution in [2.75, 3.05) is 20.3 Å². The monoisotopic (exact) mass is 409 g/mol. The molecule has 2 rings (SSSR count). The molecule has 0 bridgehead atoms. The van der Waals surface area contributed by atoms with Crippen molar-refractivity contribution >= 4 is 21.9 Å². The van der Waals surface area contributed by atoms with Gasteiger partial charge in [-0.2, -0.15) is 0 Å². The normalized spacial score (nSPS) is 11.8. The Morgan fingerprint density at radius 3 is 2.76 bits per heavy atom. The molecule has 7 heteroatoms. The molecule has 1 atom stereocenters. The van der Waals surface area contributed by atoms with E-state index in [0.717, 1.165) is 15.9 Å². The first-order chi connectivity index (χ1) is 12.0. The Labute approximate surface area is 154 Å². The van der Waals surface area contributed by atoms with Gasteiger partial charge in [0, 0.05) is 13.5 Å². The second kappa shape index (κ2) is 9.39. The molecule has 1 heterocycles. The van der Waals surface area contributed by atoms with E-state index in [1.165, 1.54) is 0 Å². The molecular weight excluding hydrogens is 390 g/mol. The summed E-state index contributed by atoms with van der Waals surface area (Å²) in [5.74, 6) is 0.159. The summed E-state index contributed by atoms with van der Waals surface area (Å²) in [5.41, 5.74) is 1.60. The highest BCUT2D eigenvalue weighted by Gasteiger charge is 2.16. The topological polar surface area (TPSA) is 77.9 Å². The van der Waals surface area contributed by atoms with Crippen molar-refractivity contribution in [3.05, 3.63) is 52.3 Å². The van der Waals surface area contributed by atoms with Crippen LogP contribution in [0.2, 0.25) is 0 Å². The third-order valence-corrected chi connectivity index (χ3v) is 3.87. The van der Waals surface area contributed by atoms with E-state index in [2.05, 4.69) is 20.9 Å². The zero-order valence-corrected chi connectivity index (χ0v) is 15.7. The first-order valence-electron chi connectivity index (χ1n) is 7.73. The Balaban J connectivity index is 2.15. The van der Waals surface area contributed by atoms with Crippen molar-refractivity contribution in [2.45, 2.75) is 19.4 Å². The van der Waals surface area contributed by atoms with Crippen LogP contribution in [-0.4, -0.2) is 36.4 Å². The van der Waals surface area contributed by atoms with Gasteiger partial charge in [-0.25, -0.2) is 9.78 Å². The Bertz CT molecular complexity index is 722. The van der Waals surface area contributed by atoms with Crippen LogP contribution in [-0.2, 0) is 9.53 Å². The van der Waals surface area contributed by atoms with Gasteiger partial charge < -0.3 is 19.3 Å². The number of nitrogens with zero attached hydrogens (tertiary/aromatic N) is 1. The van der Waals surface area contributed by atoms with E-state index in [0.29, 0.717) is 24.5 Å². The SMILES string of the molecule is COCCC(Oc1ccc(OCC(=O)O)c(C)c1)c1cccc(Br)n1. The fourth-order valence-electron chi connectivity index (χ4n) is 2.26. The van der Waals surface area contributed by atoms with Crippen LogP contribution in [0.1, 0.15) is 23.8 Å². The van der Waals surface area contributed by atoms with Crippen molar-refractivity contribution in [1.82, 2.24) is 4.98 Å². The minimum absolute atomic E-state index is 0.261. The summed E-state index contributed by atoms with van der Waals surface area (Å²) in [6.45, 7) is 2.00. The average Bonchev–Trinajstić information content (AvgIpc) is 2.57. The molecule has 0 aliphatic heterocycles. The maximum atomic E-state index is 10.6. The van der Waals surface area contributed by atoms with Crippen LogP contribution in [0, 0.1) is 6.92 Å². The van der Waals surface area contributed by atoms with Gasteiger partial charge in [0.25, 0.3) is 0 Å². The second-order valence-electron chi connectivity index (χ2n) is 5.38. The lowest BCUT2D eigenvalue weighted by Gasteiger charge is -2.19. The van der Waals surface area contributed by atoms with Crippen molar-refractivity contribution < 1.29 is 24.1 Å². The van der Waals surface area contributed by atoms with E-state index in [4.69, 9.17) is 19.3 Å². The fourth-order valence-corrected chi connectivity index (χ4v) is 2.61. The number of carbonyl (C=O) groups is 1. The number of pyridine rings is 1. The highest BCUT2D eigenvalue weighted by molar-refractivity contribution is 9.10. The molecule has 0 saturated carbocycles. The minimum atomic E-state index is -1.01. The lowest BCUT2D eigenvalue weighted by Crippen LogP contribution is -2.13. The van der Waals surface area contributed by atoms with E-state index in [-0.39, 0.29) is 12.7 Å². The van der Waals surface area contributed by atoms with E-state index < -0.39 is 5.97 Å². The zero-order valence-electron chi connectivity index (χ0n) is 14.1. The van der Waals surface area contributed by atoms with E-state index >= 15 is 0 Å². The summed E-state index contributed by atoms with van der Waals surface area (Å²) >= 11 is 3.37. The quantitative estimate of drug-likeness (QED) is 0.635. The van der Waals surface area contributed by atoms with Crippen molar-refractivity contribution in [1.29, 1.82) is 0 Å². The van der Waals surface area contributed by atoms with E-state index in [1.54, 1.807) is 19.2 Å². The lowest BCUT2D eigenvalue weighted by molar-refractivity contribution is -0.139. The number of methoxy groups -OCH3 is 1. The first-order valence-corrected chi connectivity index (χ1v) is 8.52. The summed E-state index contributed by atoms with van der Waals surface area (Å²) < 4.78 is 17.2. The van der Waals surface area contributed by atoms with E-state index in [1.807, 2.05) is 31.2 Å². The maximum Gasteiger partial charge on any atom is 0.341 e. The molecule has 134 valence electrons. The third kappa shape index (κ3) is 6.03. The molecule has 0 fully saturated rings. The van der Waals surface area contributed by atoms with Crippen LogP contribution in [0.4, 0.5) is 0 Å². The molecule has 25 heavy (non-hydrogen) atoms. The van der Waals surface area contributed by atoms with Crippen LogP contribution >= 0.6 is 15.9 Å². The fraction of sp³-hybridized carbons (Fsp3) is 0.333. The number of rotatable bonds is 9. The number of halogens is 1. The Hall–Kier alpha value is -2.12. The maximum absolute atomic E-state index is 10.6. The van der Waals surface area contributed by atoms with Gasteiger partial charge in [-0.05, 0) is 58.7 Å². The standard InChI is InChI=1S/C18H20BrNO5/c1-12-10-13(6-7-15(12)24-11-18(21)22)25-16(8-9-23-2)14-4-3-5-17(19)20-14/h3-7,10,16H,8-9,11H2,1-2H3,(H,21,22). The van der Waals surface area contributed by atoms with Crippen LogP contribution in [0.15, 0.2) is 41.0 Å². The van der Waals surface area contributed by atoms with Crippen LogP contribution in [0.25, 0.3) is 0 Å². The van der Waals surface area contributed by atoms with Gasteiger partial charge in [-0.1, -0.05) is 6.07 Å². The molecule has 0 radical (unpaired) electrons. The Morgan fingerprint density at radius 2 is 2.12 bits per heavy atom. The van der Waals surface area contributed by atoms with Gasteiger partial charge in [0.15, 0.2) is 6.61 Å². The number of carboxylic acid groups (broad SMARTS) is 1. The third-order valence-electron chi connectivity index (χ3n) is 3.43. The highest BCUT2D eigenvalue weighted by atomic mass is 79.9. The first kappa shape index (κ1) is 19.2. The number of ether oxygens (including phenoxy) is 3. The molecule has 0 amide bonds. The predicted octanol–water partition coefficient (Wildman–Crippen LogP) is 3.77. The van der Waals surface area contributed by atoms with Crippen molar-refractivity contribution in [2.24, 2.45) is 0 Å². The van der Waals surface area contributed by atoms with Gasteiger partial charge in [-0.15, -0.1) is 0 Å². The van der Waals surface area contributed by atoms with Gasteiger partial charge in [0.05, 0.1) is 12.3 Å². The Morgan fingerprint density at radius 1 is 1.32 bits per heavy atom. The van der Waals surface area contributed by atoms with E-state index in [9.17, 15) is 4.79 Å². The lowest BCUT2D eigenvalue weighted by atomic mass is 10.1. The zero-order chi connectivity index (χ0) is 18.2. The van der Waals surface area contributed by atoms with Crippen molar-refractivity contribution in [3.63, 3.8) is 0 Å². The number of benzene rings is 1. The smallest absolute Gasteiger partial charge is 0.341 e. The summed E-state index contributed by atoms with van der Waals surface area (Å²) in [4.78, 5) is 15.1. The molecule has 1 N–H and O–H groups in total. The number of aromatic nitrogens is 1. The molecule has 0 saturated heterocycles. The van der Waals surface area contributed by atoms with Crippen LogP contribution in [0.5, 0.6) is 11.5 Å². The summed E-state index contributed by atoms with van der Waals surface area (Å²) in [7, 11) is 1.64. The molecule has 0 aliphatic carbocycles. The summed E-state index contributed by atoms with van der Waals surface area (Å²) in [6, 6.07) is 10.9. The molecule has 6 nitrogen and oxygen atoms in total.